The number of nitrogens with zero attached hydrogens (tertiary/aromatic N) is 2. The lowest BCUT2D eigenvalue weighted by Gasteiger charge is -2.30. The van der Waals surface area contributed by atoms with Crippen LogP contribution in [-0.4, -0.2) is 31.3 Å². The highest BCUT2D eigenvalue weighted by Gasteiger charge is 2.17. The summed E-state index contributed by atoms with van der Waals surface area (Å²) in [5, 5.41) is 0.565. The number of halogens is 3. The van der Waals surface area contributed by atoms with Gasteiger partial charge in [0.1, 0.15) is 5.82 Å². The van der Waals surface area contributed by atoms with Crippen LogP contribution in [0.2, 0.25) is 0 Å². The van der Waals surface area contributed by atoms with Gasteiger partial charge in [0, 0.05) is 30.2 Å². The van der Waals surface area contributed by atoms with Gasteiger partial charge in [-0.3, -0.25) is 0 Å². The van der Waals surface area contributed by atoms with E-state index in [9.17, 15) is 13.2 Å². The molecule has 1 fully saturated rings. The minimum atomic E-state index is -0.928. The first-order chi connectivity index (χ1) is 13.1. The van der Waals surface area contributed by atoms with Crippen LogP contribution < -0.4 is 4.90 Å². The molecular weight excluding hydrogens is 353 g/mol. The summed E-state index contributed by atoms with van der Waals surface area (Å²) in [6, 6.07) is 10.2. The average Bonchev–Trinajstić information content (AvgIpc) is 2.69. The molecule has 0 N–H and O–H groups in total. The van der Waals surface area contributed by atoms with Crippen LogP contribution in [0.4, 0.5) is 18.9 Å². The highest BCUT2D eigenvalue weighted by molar-refractivity contribution is 5.93. The molecule has 0 aliphatic carbocycles. The lowest BCUT2D eigenvalue weighted by Crippen LogP contribution is -2.36. The Hall–Kier alpha value is -2.86. The highest BCUT2D eigenvalue weighted by atomic mass is 19.2. The lowest BCUT2D eigenvalue weighted by molar-refractivity contribution is 0.123. The van der Waals surface area contributed by atoms with Crippen LogP contribution in [0.15, 0.2) is 42.5 Å². The fourth-order valence-electron chi connectivity index (χ4n) is 3.13. The van der Waals surface area contributed by atoms with Gasteiger partial charge < -0.3 is 9.64 Å². The number of pyridine rings is 1. The molecule has 2 aromatic carbocycles. The van der Waals surface area contributed by atoms with Gasteiger partial charge in [0.2, 0.25) is 0 Å². The zero-order chi connectivity index (χ0) is 18.8. The first kappa shape index (κ1) is 17.5. The summed E-state index contributed by atoms with van der Waals surface area (Å²) in [6.45, 7) is 2.49. The molecule has 0 amide bonds. The van der Waals surface area contributed by atoms with E-state index in [1.165, 1.54) is 18.2 Å². The highest BCUT2D eigenvalue weighted by Crippen LogP contribution is 2.30. The maximum absolute atomic E-state index is 13.8. The molecule has 0 saturated carbocycles. The fourth-order valence-corrected chi connectivity index (χ4v) is 3.13. The average molecular weight is 370 g/mol. The Morgan fingerprint density at radius 1 is 0.889 bits per heavy atom. The summed E-state index contributed by atoms with van der Waals surface area (Å²) in [5.74, 6) is -2.13. The first-order valence-electron chi connectivity index (χ1n) is 8.66. The molecule has 27 heavy (non-hydrogen) atoms. The van der Waals surface area contributed by atoms with Crippen molar-refractivity contribution in [3.05, 3.63) is 71.2 Å². The maximum Gasteiger partial charge on any atom is 0.161 e. The smallest absolute Gasteiger partial charge is 0.161 e. The molecule has 1 saturated heterocycles. The van der Waals surface area contributed by atoms with Crippen LogP contribution in [0.3, 0.4) is 0 Å². The monoisotopic (exact) mass is 370 g/mol. The van der Waals surface area contributed by atoms with Crippen LogP contribution >= 0.6 is 0 Å². The van der Waals surface area contributed by atoms with Gasteiger partial charge in [-0.2, -0.15) is 0 Å². The van der Waals surface area contributed by atoms with Gasteiger partial charge in [0.15, 0.2) is 11.6 Å². The number of morpholine rings is 1. The van der Waals surface area contributed by atoms with Crippen LogP contribution in [0, 0.1) is 17.5 Å². The van der Waals surface area contributed by atoms with Crippen molar-refractivity contribution in [3.63, 3.8) is 0 Å². The number of benzene rings is 2. The van der Waals surface area contributed by atoms with E-state index in [2.05, 4.69) is 9.88 Å². The Bertz CT molecular complexity index is 996. The molecule has 1 aromatic heterocycles. The van der Waals surface area contributed by atoms with Crippen LogP contribution in [0.25, 0.3) is 23.1 Å². The Morgan fingerprint density at radius 2 is 1.59 bits per heavy atom. The van der Waals surface area contributed by atoms with Gasteiger partial charge in [-0.05, 0) is 35.9 Å². The number of aromatic nitrogens is 1. The zero-order valence-corrected chi connectivity index (χ0v) is 14.5. The van der Waals surface area contributed by atoms with Crippen molar-refractivity contribution >= 4 is 28.7 Å². The van der Waals surface area contributed by atoms with Gasteiger partial charge in [0.25, 0.3) is 0 Å². The predicted molar refractivity (Wildman–Crippen MR) is 100 cm³/mol. The molecule has 138 valence electrons. The first-order valence-corrected chi connectivity index (χ1v) is 8.66. The predicted octanol–water partition coefficient (Wildman–Crippen LogP) is 4.66. The van der Waals surface area contributed by atoms with Crippen molar-refractivity contribution in [2.24, 2.45) is 0 Å². The Kier molecular flexibility index (Phi) is 4.81. The minimum absolute atomic E-state index is 0.303. The van der Waals surface area contributed by atoms with Crippen molar-refractivity contribution in [1.29, 1.82) is 0 Å². The number of rotatable bonds is 3. The number of hydrogen-bond acceptors (Lipinski definition) is 3. The van der Waals surface area contributed by atoms with E-state index in [4.69, 9.17) is 4.74 Å². The molecule has 1 aliphatic rings. The van der Waals surface area contributed by atoms with Crippen molar-refractivity contribution in [2.45, 2.75) is 0 Å². The summed E-state index contributed by atoms with van der Waals surface area (Å²) in [6.07, 6.45) is 3.58. The van der Waals surface area contributed by atoms with E-state index in [1.54, 1.807) is 24.3 Å². The Balaban J connectivity index is 1.78. The molecule has 6 heteroatoms. The summed E-state index contributed by atoms with van der Waals surface area (Å²) in [4.78, 5) is 6.52. The third-order valence-corrected chi connectivity index (χ3v) is 4.52. The Morgan fingerprint density at radius 3 is 2.33 bits per heavy atom. The van der Waals surface area contributed by atoms with Gasteiger partial charge in [-0.25, -0.2) is 18.2 Å². The Labute approximate surface area is 154 Å². The lowest BCUT2D eigenvalue weighted by atomic mass is 10.1. The standard InChI is InChI=1S/C21H17F3N2O/c22-15-4-1-14(2-5-15)3-6-16-11-21(26-7-9-27-10-8-26)17-12-18(23)19(24)13-20(17)25-16/h1-6,11-13H,7-10H2/b6-3+. The second-order valence-corrected chi connectivity index (χ2v) is 6.33. The van der Waals surface area contributed by atoms with Gasteiger partial charge in [0.05, 0.1) is 24.4 Å². The van der Waals surface area contributed by atoms with Crippen molar-refractivity contribution in [3.8, 4) is 0 Å². The summed E-state index contributed by atoms with van der Waals surface area (Å²) >= 11 is 0. The van der Waals surface area contributed by atoms with Crippen molar-refractivity contribution in [2.75, 3.05) is 31.2 Å². The summed E-state index contributed by atoms with van der Waals surface area (Å²) in [7, 11) is 0. The third kappa shape index (κ3) is 3.80. The molecule has 1 aliphatic heterocycles. The van der Waals surface area contributed by atoms with E-state index in [0.29, 0.717) is 42.9 Å². The quantitative estimate of drug-likeness (QED) is 0.671. The van der Waals surface area contributed by atoms with Crippen LogP contribution in [0.1, 0.15) is 11.3 Å². The van der Waals surface area contributed by atoms with Crippen LogP contribution in [0.5, 0.6) is 0 Å². The number of hydrogen-bond donors (Lipinski definition) is 0. The number of fused-ring (bicyclic) bond motifs is 1. The van der Waals surface area contributed by atoms with Crippen molar-refractivity contribution in [1.82, 2.24) is 4.98 Å². The molecular formula is C21H17F3N2O. The fraction of sp³-hybridized carbons (Fsp3) is 0.190. The molecule has 0 radical (unpaired) electrons. The largest absolute Gasteiger partial charge is 0.378 e. The summed E-state index contributed by atoms with van der Waals surface area (Å²) in [5.41, 5.74) is 2.61. The summed E-state index contributed by atoms with van der Waals surface area (Å²) < 4.78 is 46.0. The van der Waals surface area contributed by atoms with Crippen LogP contribution in [-0.2, 0) is 4.74 Å². The van der Waals surface area contributed by atoms with E-state index >= 15 is 0 Å². The molecule has 0 unspecified atom stereocenters. The normalized spacial score (nSPS) is 15.0. The molecule has 3 aromatic rings. The van der Waals surface area contributed by atoms with E-state index < -0.39 is 11.6 Å². The minimum Gasteiger partial charge on any atom is -0.378 e. The zero-order valence-electron chi connectivity index (χ0n) is 14.5. The van der Waals surface area contributed by atoms with E-state index in [1.807, 2.05) is 6.07 Å². The molecule has 4 rings (SSSR count). The molecule has 2 heterocycles. The second kappa shape index (κ2) is 7.40. The van der Waals surface area contributed by atoms with Gasteiger partial charge in [-0.1, -0.05) is 18.2 Å². The van der Waals surface area contributed by atoms with E-state index in [0.717, 1.165) is 17.3 Å². The SMILES string of the molecule is Fc1ccc(/C=C/c2cc(N3CCOCC3)c3cc(F)c(F)cc3n2)cc1. The molecule has 0 atom stereocenters. The van der Waals surface area contributed by atoms with Gasteiger partial charge >= 0.3 is 0 Å². The number of ether oxygens (including phenoxy) is 1. The molecule has 0 spiro atoms. The molecule has 0 bridgehead atoms. The topological polar surface area (TPSA) is 25.4 Å². The second-order valence-electron chi connectivity index (χ2n) is 6.33. The number of anilines is 1. The third-order valence-electron chi connectivity index (χ3n) is 4.52. The van der Waals surface area contributed by atoms with E-state index in [-0.39, 0.29) is 5.82 Å². The van der Waals surface area contributed by atoms with Crippen molar-refractivity contribution < 1.29 is 17.9 Å². The maximum atomic E-state index is 13.8. The van der Waals surface area contributed by atoms with Gasteiger partial charge in [-0.15, -0.1) is 0 Å². The molecule has 3 nitrogen and oxygen atoms in total.